The second-order valence-electron chi connectivity index (χ2n) is 5.42. The van der Waals surface area contributed by atoms with E-state index in [0.717, 1.165) is 32.6 Å². The summed E-state index contributed by atoms with van der Waals surface area (Å²) in [4.78, 5) is 13.4. The van der Waals surface area contributed by atoms with Crippen molar-refractivity contribution in [2.45, 2.75) is 20.3 Å². The normalized spacial score (nSPS) is 18.7. The lowest BCUT2D eigenvalue weighted by molar-refractivity contribution is -0.383. The van der Waals surface area contributed by atoms with Crippen LogP contribution >= 0.6 is 0 Å². The van der Waals surface area contributed by atoms with Crippen LogP contribution in [0.4, 0.5) is 17.1 Å². The fraction of sp³-hybridized carbons (Fsp3) is 0.600. The van der Waals surface area contributed by atoms with Crippen LogP contribution in [0.3, 0.4) is 0 Å². The number of para-hydroxylation sites is 1. The van der Waals surface area contributed by atoms with Crippen molar-refractivity contribution in [3.8, 4) is 0 Å². The van der Waals surface area contributed by atoms with Gasteiger partial charge in [-0.25, -0.2) is 0 Å². The summed E-state index contributed by atoms with van der Waals surface area (Å²) >= 11 is 0. The molecular formula is C15H24N4O2. The lowest BCUT2D eigenvalue weighted by Crippen LogP contribution is -2.22. The van der Waals surface area contributed by atoms with E-state index in [4.69, 9.17) is 0 Å². The predicted molar refractivity (Wildman–Crippen MR) is 86.0 cm³/mol. The van der Waals surface area contributed by atoms with Gasteiger partial charge in [-0.1, -0.05) is 13.0 Å². The lowest BCUT2D eigenvalue weighted by atomic mass is 10.1. The molecule has 1 saturated heterocycles. The molecule has 1 atom stereocenters. The van der Waals surface area contributed by atoms with Gasteiger partial charge in [0.1, 0.15) is 11.4 Å². The lowest BCUT2D eigenvalue weighted by Gasteiger charge is -2.15. The van der Waals surface area contributed by atoms with Gasteiger partial charge in [-0.3, -0.25) is 10.1 Å². The maximum Gasteiger partial charge on any atom is 0.315 e. The van der Waals surface area contributed by atoms with E-state index in [0.29, 0.717) is 23.8 Å². The van der Waals surface area contributed by atoms with Crippen molar-refractivity contribution >= 4 is 17.1 Å². The highest BCUT2D eigenvalue weighted by atomic mass is 16.6. The van der Waals surface area contributed by atoms with Crippen LogP contribution in [0.15, 0.2) is 18.2 Å². The Morgan fingerprint density at radius 2 is 2.05 bits per heavy atom. The molecule has 6 nitrogen and oxygen atoms in total. The zero-order valence-electron chi connectivity index (χ0n) is 12.8. The first-order chi connectivity index (χ1) is 10.2. The van der Waals surface area contributed by atoms with Gasteiger partial charge < -0.3 is 15.5 Å². The summed E-state index contributed by atoms with van der Waals surface area (Å²) in [5.41, 5.74) is 1.33. The molecule has 1 aromatic carbocycles. The van der Waals surface area contributed by atoms with E-state index in [1.54, 1.807) is 12.1 Å². The van der Waals surface area contributed by atoms with Crippen molar-refractivity contribution < 1.29 is 4.92 Å². The molecule has 0 spiro atoms. The van der Waals surface area contributed by atoms with Gasteiger partial charge in [0, 0.05) is 19.6 Å². The number of nitrogens with zero attached hydrogens (tertiary/aromatic N) is 2. The molecule has 21 heavy (non-hydrogen) atoms. The minimum atomic E-state index is -0.312. The topological polar surface area (TPSA) is 70.4 Å². The number of rotatable bonds is 7. The van der Waals surface area contributed by atoms with Crippen molar-refractivity contribution in [1.29, 1.82) is 0 Å². The molecule has 1 aromatic rings. The van der Waals surface area contributed by atoms with Crippen LogP contribution in [-0.2, 0) is 0 Å². The van der Waals surface area contributed by atoms with E-state index in [9.17, 15) is 10.1 Å². The smallest absolute Gasteiger partial charge is 0.315 e. The fourth-order valence-electron chi connectivity index (χ4n) is 2.84. The molecule has 1 unspecified atom stereocenters. The number of anilines is 2. The third-order valence-electron chi connectivity index (χ3n) is 3.98. The van der Waals surface area contributed by atoms with Crippen LogP contribution in [-0.4, -0.2) is 42.5 Å². The van der Waals surface area contributed by atoms with Crippen LogP contribution in [0.2, 0.25) is 0 Å². The Kier molecular flexibility index (Phi) is 5.38. The van der Waals surface area contributed by atoms with Gasteiger partial charge in [-0.2, -0.15) is 0 Å². The Bertz CT molecular complexity index is 493. The van der Waals surface area contributed by atoms with Gasteiger partial charge in [0.05, 0.1) is 4.92 Å². The predicted octanol–water partition coefficient (Wildman–Crippen LogP) is 2.78. The van der Waals surface area contributed by atoms with Crippen molar-refractivity contribution in [1.82, 2.24) is 4.90 Å². The maximum atomic E-state index is 11.3. The highest BCUT2D eigenvalue weighted by molar-refractivity contribution is 5.76. The molecule has 0 radical (unpaired) electrons. The fourth-order valence-corrected chi connectivity index (χ4v) is 2.84. The highest BCUT2D eigenvalue weighted by Crippen LogP contribution is 2.33. The molecule has 0 amide bonds. The molecule has 2 N–H and O–H groups in total. The molecule has 116 valence electrons. The van der Waals surface area contributed by atoms with E-state index in [2.05, 4.69) is 22.5 Å². The van der Waals surface area contributed by atoms with E-state index >= 15 is 0 Å². The van der Waals surface area contributed by atoms with Crippen molar-refractivity contribution in [3.05, 3.63) is 28.3 Å². The molecule has 1 aliphatic rings. The molecule has 0 aromatic heterocycles. The van der Waals surface area contributed by atoms with Gasteiger partial charge >= 0.3 is 5.69 Å². The van der Waals surface area contributed by atoms with Crippen molar-refractivity contribution in [2.24, 2.45) is 5.92 Å². The Morgan fingerprint density at radius 1 is 1.33 bits per heavy atom. The molecule has 2 rings (SSSR count). The first kappa shape index (κ1) is 15.6. The van der Waals surface area contributed by atoms with Crippen LogP contribution in [0.1, 0.15) is 20.3 Å². The minimum absolute atomic E-state index is 0.143. The van der Waals surface area contributed by atoms with Gasteiger partial charge in [0.2, 0.25) is 0 Å². The zero-order valence-corrected chi connectivity index (χ0v) is 12.8. The largest absolute Gasteiger partial charge is 0.380 e. The van der Waals surface area contributed by atoms with Gasteiger partial charge in [0.15, 0.2) is 0 Å². The van der Waals surface area contributed by atoms with Gasteiger partial charge in [-0.15, -0.1) is 0 Å². The summed E-state index contributed by atoms with van der Waals surface area (Å²) in [5, 5.41) is 17.7. The molecule has 1 fully saturated rings. The number of hydrogen-bond acceptors (Lipinski definition) is 5. The van der Waals surface area contributed by atoms with E-state index < -0.39 is 0 Å². The highest BCUT2D eigenvalue weighted by Gasteiger charge is 2.23. The third kappa shape index (κ3) is 3.85. The first-order valence-corrected chi connectivity index (χ1v) is 7.63. The summed E-state index contributed by atoms with van der Waals surface area (Å²) in [5.74, 6) is 0.562. The number of likely N-dealkylation sites (tertiary alicyclic amines) is 1. The van der Waals surface area contributed by atoms with E-state index in [-0.39, 0.29) is 10.6 Å². The Balaban J connectivity index is 2.05. The summed E-state index contributed by atoms with van der Waals surface area (Å²) in [7, 11) is 0. The van der Waals surface area contributed by atoms with Crippen LogP contribution in [0, 0.1) is 16.0 Å². The number of nitrogens with one attached hydrogen (secondary N) is 2. The van der Waals surface area contributed by atoms with E-state index in [1.807, 2.05) is 13.0 Å². The van der Waals surface area contributed by atoms with Crippen LogP contribution < -0.4 is 10.6 Å². The molecule has 1 heterocycles. The number of hydrogen-bond donors (Lipinski definition) is 2. The summed E-state index contributed by atoms with van der Waals surface area (Å²) in [6.07, 6.45) is 1.15. The molecule has 0 bridgehead atoms. The summed E-state index contributed by atoms with van der Waals surface area (Å²) in [6, 6.07) is 5.38. The number of nitro groups is 1. The second kappa shape index (κ2) is 7.26. The SMILES string of the molecule is CCNc1cccc(NCC2CCN(CC)C2)c1[N+](=O)[O-]. The molecule has 0 saturated carbocycles. The molecular weight excluding hydrogens is 268 g/mol. The second-order valence-corrected chi connectivity index (χ2v) is 5.42. The Morgan fingerprint density at radius 3 is 2.62 bits per heavy atom. The monoisotopic (exact) mass is 292 g/mol. The average molecular weight is 292 g/mol. The zero-order chi connectivity index (χ0) is 15.2. The van der Waals surface area contributed by atoms with Crippen molar-refractivity contribution in [2.75, 3.05) is 43.4 Å². The Labute approximate surface area is 125 Å². The average Bonchev–Trinajstić information content (AvgIpc) is 2.93. The van der Waals surface area contributed by atoms with Crippen LogP contribution in [0.5, 0.6) is 0 Å². The van der Waals surface area contributed by atoms with Gasteiger partial charge in [0.25, 0.3) is 0 Å². The van der Waals surface area contributed by atoms with Crippen LogP contribution in [0.25, 0.3) is 0 Å². The summed E-state index contributed by atoms with van der Waals surface area (Å²) in [6.45, 7) is 8.83. The Hall–Kier alpha value is -1.82. The first-order valence-electron chi connectivity index (χ1n) is 7.63. The standard InChI is InChI=1S/C15H24N4O2/c1-3-16-13-6-5-7-14(15(13)19(20)21)17-10-12-8-9-18(4-2)11-12/h5-7,12,16-17H,3-4,8-11H2,1-2H3. The molecule has 6 heteroatoms. The third-order valence-corrected chi connectivity index (χ3v) is 3.98. The van der Waals surface area contributed by atoms with Gasteiger partial charge in [-0.05, 0) is 44.5 Å². The number of nitro benzene ring substituents is 1. The van der Waals surface area contributed by atoms with E-state index in [1.165, 1.54) is 0 Å². The maximum absolute atomic E-state index is 11.3. The van der Waals surface area contributed by atoms with Crippen molar-refractivity contribution in [3.63, 3.8) is 0 Å². The number of benzene rings is 1. The quantitative estimate of drug-likeness (QED) is 0.597. The minimum Gasteiger partial charge on any atom is -0.380 e. The molecule has 0 aliphatic carbocycles. The summed E-state index contributed by atoms with van der Waals surface area (Å²) < 4.78 is 0. The molecule has 1 aliphatic heterocycles.